The van der Waals surface area contributed by atoms with Crippen LogP contribution >= 0.6 is 11.6 Å². The lowest BCUT2D eigenvalue weighted by molar-refractivity contribution is 0.243. The van der Waals surface area contributed by atoms with Gasteiger partial charge in [0.1, 0.15) is 12.7 Å². The molecule has 2 aliphatic rings. The average molecular weight is 290 g/mol. The number of hydrogen-bond acceptors (Lipinski definition) is 3. The number of hydrogen-bond donors (Lipinski definition) is 0. The molecule has 0 bridgehead atoms. The zero-order valence-electron chi connectivity index (χ0n) is 11.6. The van der Waals surface area contributed by atoms with E-state index in [1.807, 2.05) is 13.0 Å². The molecule has 0 spiro atoms. The maximum Gasteiger partial charge on any atom is 0.293 e. The summed E-state index contributed by atoms with van der Waals surface area (Å²) >= 11 is 6.18. The first kappa shape index (κ1) is 13.3. The van der Waals surface area contributed by atoms with E-state index in [2.05, 4.69) is 22.9 Å². The zero-order chi connectivity index (χ0) is 14.3. The normalized spacial score (nSPS) is 26.5. The van der Waals surface area contributed by atoms with Gasteiger partial charge in [-0.1, -0.05) is 11.6 Å². The molecule has 2 heterocycles. The van der Waals surface area contributed by atoms with Crippen LogP contribution in [-0.2, 0) is 4.74 Å². The number of benzene rings is 1. The SMILES string of the molecule is Cc1c(N=C2OC[C@@]3(C)CCCN23)ccc(C#N)c1Cl. The Morgan fingerprint density at radius 3 is 3.05 bits per heavy atom. The van der Waals surface area contributed by atoms with Crippen molar-refractivity contribution in [3.05, 3.63) is 28.3 Å². The summed E-state index contributed by atoms with van der Waals surface area (Å²) in [7, 11) is 0. The van der Waals surface area contributed by atoms with Crippen molar-refractivity contribution in [2.24, 2.45) is 4.99 Å². The van der Waals surface area contributed by atoms with Crippen LogP contribution in [-0.4, -0.2) is 29.6 Å². The van der Waals surface area contributed by atoms with Gasteiger partial charge in [-0.25, -0.2) is 0 Å². The second kappa shape index (κ2) is 4.68. The van der Waals surface area contributed by atoms with Gasteiger partial charge in [0.05, 0.1) is 21.8 Å². The lowest BCUT2D eigenvalue weighted by Crippen LogP contribution is -2.39. The minimum absolute atomic E-state index is 0.0864. The molecular formula is C15H16ClN3O. The molecule has 1 atom stereocenters. The molecule has 3 rings (SSSR count). The summed E-state index contributed by atoms with van der Waals surface area (Å²) in [5.41, 5.74) is 2.14. The summed E-state index contributed by atoms with van der Waals surface area (Å²) in [6.07, 6.45) is 2.31. The molecule has 1 aromatic rings. The summed E-state index contributed by atoms with van der Waals surface area (Å²) in [5.74, 6) is 0. The van der Waals surface area contributed by atoms with Crippen LogP contribution in [0.15, 0.2) is 17.1 Å². The van der Waals surface area contributed by atoms with Gasteiger partial charge in [0.25, 0.3) is 6.02 Å². The number of aliphatic imine (C=N–C) groups is 1. The van der Waals surface area contributed by atoms with Gasteiger partial charge in [0.2, 0.25) is 0 Å². The topological polar surface area (TPSA) is 48.6 Å². The highest BCUT2D eigenvalue weighted by Gasteiger charge is 2.45. The number of fused-ring (bicyclic) bond motifs is 1. The highest BCUT2D eigenvalue weighted by Crippen LogP contribution is 2.36. The third-order valence-electron chi connectivity index (χ3n) is 4.19. The lowest BCUT2D eigenvalue weighted by atomic mass is 10.0. The molecule has 1 aromatic carbocycles. The monoisotopic (exact) mass is 289 g/mol. The van der Waals surface area contributed by atoms with Gasteiger partial charge in [0, 0.05) is 6.54 Å². The Labute approximate surface area is 123 Å². The number of nitriles is 1. The Morgan fingerprint density at radius 1 is 1.50 bits per heavy atom. The van der Waals surface area contributed by atoms with E-state index in [1.54, 1.807) is 6.07 Å². The van der Waals surface area contributed by atoms with E-state index >= 15 is 0 Å². The van der Waals surface area contributed by atoms with Crippen LogP contribution in [0.2, 0.25) is 5.02 Å². The van der Waals surface area contributed by atoms with Crippen LogP contribution < -0.4 is 0 Å². The number of rotatable bonds is 1. The zero-order valence-corrected chi connectivity index (χ0v) is 12.4. The fourth-order valence-corrected chi connectivity index (χ4v) is 3.08. The molecule has 0 saturated carbocycles. The van der Waals surface area contributed by atoms with Crippen LogP contribution in [0.4, 0.5) is 5.69 Å². The molecule has 5 heteroatoms. The van der Waals surface area contributed by atoms with Crippen LogP contribution in [0.25, 0.3) is 0 Å². The first-order valence-electron chi connectivity index (χ1n) is 6.73. The minimum atomic E-state index is 0.0864. The van der Waals surface area contributed by atoms with E-state index in [1.165, 1.54) is 6.42 Å². The summed E-state index contributed by atoms with van der Waals surface area (Å²) in [5, 5.41) is 9.44. The van der Waals surface area contributed by atoms with Gasteiger partial charge in [-0.05, 0) is 44.4 Å². The first-order chi connectivity index (χ1) is 9.55. The van der Waals surface area contributed by atoms with Crippen molar-refractivity contribution in [3.8, 4) is 6.07 Å². The Hall–Kier alpha value is -1.73. The fourth-order valence-electron chi connectivity index (χ4n) is 2.88. The highest BCUT2D eigenvalue weighted by molar-refractivity contribution is 6.32. The third kappa shape index (κ3) is 1.94. The van der Waals surface area contributed by atoms with Crippen molar-refractivity contribution >= 4 is 23.3 Å². The maximum absolute atomic E-state index is 8.97. The van der Waals surface area contributed by atoms with Crippen LogP contribution in [0.1, 0.15) is 30.9 Å². The van der Waals surface area contributed by atoms with Crippen LogP contribution in [0, 0.1) is 18.3 Å². The molecule has 0 aromatic heterocycles. The standard InChI is InChI=1S/C15H16ClN3O/c1-10-12(5-4-11(8-17)13(10)16)18-14-19-7-3-6-15(19,2)9-20-14/h4-5H,3,6-7,9H2,1-2H3/t15-/m1/s1. The van der Waals surface area contributed by atoms with E-state index in [4.69, 9.17) is 21.6 Å². The van der Waals surface area contributed by atoms with Crippen molar-refractivity contribution in [1.29, 1.82) is 5.26 Å². The molecule has 0 amide bonds. The Balaban J connectivity index is 1.98. The molecule has 0 radical (unpaired) electrons. The molecular weight excluding hydrogens is 274 g/mol. The molecule has 0 N–H and O–H groups in total. The Bertz CT molecular complexity index is 635. The van der Waals surface area contributed by atoms with Crippen molar-refractivity contribution < 1.29 is 4.74 Å². The number of nitrogens with zero attached hydrogens (tertiary/aromatic N) is 3. The highest BCUT2D eigenvalue weighted by atomic mass is 35.5. The van der Waals surface area contributed by atoms with Crippen molar-refractivity contribution in [2.75, 3.05) is 13.2 Å². The number of ether oxygens (including phenoxy) is 1. The van der Waals surface area contributed by atoms with Gasteiger partial charge >= 0.3 is 0 Å². The average Bonchev–Trinajstić information content (AvgIpc) is 2.94. The molecule has 104 valence electrons. The number of halogens is 1. The van der Waals surface area contributed by atoms with E-state index < -0.39 is 0 Å². The van der Waals surface area contributed by atoms with Gasteiger partial charge in [-0.15, -0.1) is 0 Å². The second-order valence-corrected chi connectivity index (χ2v) is 6.00. The second-order valence-electron chi connectivity index (χ2n) is 5.62. The van der Waals surface area contributed by atoms with Crippen molar-refractivity contribution in [2.45, 2.75) is 32.2 Å². The van der Waals surface area contributed by atoms with Crippen molar-refractivity contribution in [1.82, 2.24) is 4.90 Å². The predicted octanol–water partition coefficient (Wildman–Crippen LogP) is 3.39. The molecule has 20 heavy (non-hydrogen) atoms. The van der Waals surface area contributed by atoms with Gasteiger partial charge in [-0.2, -0.15) is 10.3 Å². The van der Waals surface area contributed by atoms with E-state index in [0.717, 1.165) is 24.2 Å². The Kier molecular flexibility index (Phi) is 3.10. The minimum Gasteiger partial charge on any atom is -0.462 e. The molecule has 2 fully saturated rings. The summed E-state index contributed by atoms with van der Waals surface area (Å²) in [4.78, 5) is 6.84. The third-order valence-corrected chi connectivity index (χ3v) is 4.67. The maximum atomic E-state index is 8.97. The Morgan fingerprint density at radius 2 is 2.30 bits per heavy atom. The molecule has 0 unspecified atom stereocenters. The summed E-state index contributed by atoms with van der Waals surface area (Å²) in [6.45, 7) is 5.76. The van der Waals surface area contributed by atoms with Gasteiger partial charge < -0.3 is 9.64 Å². The van der Waals surface area contributed by atoms with Crippen molar-refractivity contribution in [3.63, 3.8) is 0 Å². The van der Waals surface area contributed by atoms with E-state index in [-0.39, 0.29) is 5.54 Å². The van der Waals surface area contributed by atoms with E-state index in [9.17, 15) is 0 Å². The predicted molar refractivity (Wildman–Crippen MR) is 78.3 cm³/mol. The van der Waals surface area contributed by atoms with Crippen LogP contribution in [0.5, 0.6) is 0 Å². The smallest absolute Gasteiger partial charge is 0.293 e. The molecule has 0 aliphatic carbocycles. The molecule has 2 aliphatic heterocycles. The van der Waals surface area contributed by atoms with Gasteiger partial charge in [0.15, 0.2) is 0 Å². The summed E-state index contributed by atoms with van der Waals surface area (Å²) < 4.78 is 5.75. The quantitative estimate of drug-likeness (QED) is 0.796. The summed E-state index contributed by atoms with van der Waals surface area (Å²) in [6, 6.07) is 6.28. The largest absolute Gasteiger partial charge is 0.462 e. The van der Waals surface area contributed by atoms with Crippen LogP contribution in [0.3, 0.4) is 0 Å². The first-order valence-corrected chi connectivity index (χ1v) is 7.11. The molecule has 4 nitrogen and oxygen atoms in total. The number of amidine groups is 1. The molecule has 2 saturated heterocycles. The fraction of sp³-hybridized carbons (Fsp3) is 0.467. The van der Waals surface area contributed by atoms with Gasteiger partial charge in [-0.3, -0.25) is 0 Å². The van der Waals surface area contributed by atoms with E-state index in [0.29, 0.717) is 23.2 Å². The lowest BCUT2D eigenvalue weighted by Gasteiger charge is -2.24.